The van der Waals surface area contributed by atoms with Gasteiger partial charge in [0.25, 0.3) is 0 Å². The van der Waals surface area contributed by atoms with Gasteiger partial charge in [-0.2, -0.15) is 0 Å². The Morgan fingerprint density at radius 1 is 1.38 bits per heavy atom. The Morgan fingerprint density at radius 2 is 1.92 bits per heavy atom. The molecule has 0 aromatic carbocycles. The van der Waals surface area contributed by atoms with E-state index in [0.29, 0.717) is 12.3 Å². The van der Waals surface area contributed by atoms with E-state index in [1.54, 1.807) is 6.92 Å². The van der Waals surface area contributed by atoms with Gasteiger partial charge in [0, 0.05) is 11.8 Å². The summed E-state index contributed by atoms with van der Waals surface area (Å²) in [6.07, 6.45) is 2.86. The van der Waals surface area contributed by atoms with Gasteiger partial charge in [-0.3, -0.25) is 0 Å². The first-order valence-electron chi connectivity index (χ1n) is 5.00. The van der Waals surface area contributed by atoms with Crippen LogP contribution in [0, 0.1) is 5.92 Å². The first kappa shape index (κ1) is 11.0. The highest BCUT2D eigenvalue weighted by molar-refractivity contribution is 7.92. The van der Waals surface area contributed by atoms with E-state index >= 15 is 0 Å². The second kappa shape index (κ2) is 3.96. The topological polar surface area (TPSA) is 60.2 Å². The maximum Gasteiger partial charge on any atom is 0.154 e. The normalized spacial score (nSPS) is 22.7. The predicted octanol–water partition coefficient (Wildman–Crippen LogP) is 0.937. The molecule has 1 rings (SSSR count). The van der Waals surface area contributed by atoms with Crippen LogP contribution < -0.4 is 5.73 Å². The molecule has 0 spiro atoms. The summed E-state index contributed by atoms with van der Waals surface area (Å²) in [5, 5.41) is -0.315. The van der Waals surface area contributed by atoms with Gasteiger partial charge in [-0.1, -0.05) is 13.8 Å². The number of rotatable bonds is 5. The van der Waals surface area contributed by atoms with E-state index in [9.17, 15) is 8.42 Å². The molecule has 1 aliphatic carbocycles. The van der Waals surface area contributed by atoms with Gasteiger partial charge in [-0.15, -0.1) is 0 Å². The van der Waals surface area contributed by atoms with Crippen LogP contribution in [0.1, 0.15) is 33.1 Å². The first-order chi connectivity index (χ1) is 6.03. The molecule has 0 saturated heterocycles. The van der Waals surface area contributed by atoms with Crippen molar-refractivity contribution in [3.05, 3.63) is 0 Å². The van der Waals surface area contributed by atoms with E-state index in [0.717, 1.165) is 12.8 Å². The molecule has 0 heterocycles. The SMILES string of the molecule is CC[C@H]([C@H](N)C1CC1)S(=O)(=O)CC. The van der Waals surface area contributed by atoms with Crippen LogP contribution in [0.3, 0.4) is 0 Å². The lowest BCUT2D eigenvalue weighted by atomic mass is 10.1. The summed E-state index contributed by atoms with van der Waals surface area (Å²) in [5.41, 5.74) is 5.92. The summed E-state index contributed by atoms with van der Waals surface area (Å²) in [5.74, 6) is 0.678. The zero-order valence-electron chi connectivity index (χ0n) is 8.36. The molecule has 2 N–H and O–H groups in total. The molecular weight excluding hydrogens is 186 g/mol. The van der Waals surface area contributed by atoms with Crippen molar-refractivity contribution in [1.82, 2.24) is 0 Å². The molecule has 1 fully saturated rings. The Morgan fingerprint density at radius 3 is 2.23 bits per heavy atom. The molecular formula is C9H19NO2S. The highest BCUT2D eigenvalue weighted by atomic mass is 32.2. The van der Waals surface area contributed by atoms with Crippen molar-refractivity contribution in [1.29, 1.82) is 0 Å². The van der Waals surface area contributed by atoms with Crippen molar-refractivity contribution in [2.24, 2.45) is 11.7 Å². The molecule has 3 nitrogen and oxygen atoms in total. The van der Waals surface area contributed by atoms with Gasteiger partial charge in [-0.05, 0) is 25.2 Å². The van der Waals surface area contributed by atoms with Crippen molar-refractivity contribution < 1.29 is 8.42 Å². The van der Waals surface area contributed by atoms with Crippen LogP contribution >= 0.6 is 0 Å². The van der Waals surface area contributed by atoms with Crippen molar-refractivity contribution in [3.63, 3.8) is 0 Å². The second-order valence-corrected chi connectivity index (χ2v) is 6.32. The van der Waals surface area contributed by atoms with Gasteiger partial charge in [0.15, 0.2) is 9.84 Å². The van der Waals surface area contributed by atoms with E-state index in [2.05, 4.69) is 0 Å². The van der Waals surface area contributed by atoms with Gasteiger partial charge in [0.2, 0.25) is 0 Å². The standard InChI is InChI=1S/C9H19NO2S/c1-3-8(13(11,12)4-2)9(10)7-5-6-7/h7-9H,3-6,10H2,1-2H3/t8-,9-/m1/s1. The minimum absolute atomic E-state index is 0.130. The molecule has 0 aromatic heterocycles. The van der Waals surface area contributed by atoms with Crippen molar-refractivity contribution >= 4 is 9.84 Å². The van der Waals surface area contributed by atoms with E-state index in [1.165, 1.54) is 0 Å². The Bertz CT molecular complexity index is 257. The summed E-state index contributed by atoms with van der Waals surface area (Å²) in [6, 6.07) is -0.130. The lowest BCUT2D eigenvalue weighted by Crippen LogP contribution is -2.42. The summed E-state index contributed by atoms with van der Waals surface area (Å²) in [7, 11) is -2.94. The highest BCUT2D eigenvalue weighted by Gasteiger charge is 2.38. The van der Waals surface area contributed by atoms with Crippen LogP contribution in [0.5, 0.6) is 0 Å². The molecule has 0 aliphatic heterocycles. The lowest BCUT2D eigenvalue weighted by molar-refractivity contribution is 0.509. The average Bonchev–Trinajstić information content (AvgIpc) is 2.87. The fraction of sp³-hybridized carbons (Fsp3) is 1.00. The molecule has 0 unspecified atom stereocenters. The molecule has 1 saturated carbocycles. The Hall–Kier alpha value is -0.0900. The van der Waals surface area contributed by atoms with Crippen LogP contribution in [-0.2, 0) is 9.84 Å². The second-order valence-electron chi connectivity index (χ2n) is 3.81. The third-order valence-corrected chi connectivity index (χ3v) is 5.24. The third kappa shape index (κ3) is 2.44. The number of nitrogens with two attached hydrogens (primary N) is 1. The molecule has 0 amide bonds. The zero-order valence-corrected chi connectivity index (χ0v) is 9.18. The summed E-state index contributed by atoms with van der Waals surface area (Å²) in [6.45, 7) is 3.59. The van der Waals surface area contributed by atoms with Gasteiger partial charge in [0.1, 0.15) is 0 Å². The van der Waals surface area contributed by atoms with Crippen LogP contribution in [0.4, 0.5) is 0 Å². The van der Waals surface area contributed by atoms with Crippen LogP contribution in [0.25, 0.3) is 0 Å². The molecule has 0 radical (unpaired) electrons. The van der Waals surface area contributed by atoms with E-state index in [-0.39, 0.29) is 17.0 Å². The van der Waals surface area contributed by atoms with E-state index in [1.807, 2.05) is 6.92 Å². The van der Waals surface area contributed by atoms with Gasteiger partial charge in [-0.25, -0.2) is 8.42 Å². The lowest BCUT2D eigenvalue weighted by Gasteiger charge is -2.21. The smallest absolute Gasteiger partial charge is 0.154 e. The fourth-order valence-corrected chi connectivity index (χ4v) is 3.40. The fourth-order valence-electron chi connectivity index (χ4n) is 1.76. The monoisotopic (exact) mass is 205 g/mol. The number of hydrogen-bond acceptors (Lipinski definition) is 3. The van der Waals surface area contributed by atoms with Crippen molar-refractivity contribution in [2.75, 3.05) is 5.75 Å². The summed E-state index contributed by atoms with van der Waals surface area (Å²) < 4.78 is 23.2. The largest absolute Gasteiger partial charge is 0.326 e. The summed E-state index contributed by atoms with van der Waals surface area (Å²) in [4.78, 5) is 0. The van der Waals surface area contributed by atoms with E-state index in [4.69, 9.17) is 5.73 Å². The van der Waals surface area contributed by atoms with Gasteiger partial charge < -0.3 is 5.73 Å². The molecule has 4 heteroatoms. The minimum atomic E-state index is -2.94. The maximum absolute atomic E-state index is 11.6. The minimum Gasteiger partial charge on any atom is -0.326 e. The first-order valence-corrected chi connectivity index (χ1v) is 6.71. The Labute approximate surface area is 80.6 Å². The number of sulfone groups is 1. The predicted molar refractivity (Wildman–Crippen MR) is 54.2 cm³/mol. The molecule has 1 aliphatic rings. The van der Waals surface area contributed by atoms with Gasteiger partial charge >= 0.3 is 0 Å². The van der Waals surface area contributed by atoms with Crippen molar-refractivity contribution in [2.45, 2.75) is 44.4 Å². The Kier molecular flexibility index (Phi) is 3.35. The quantitative estimate of drug-likeness (QED) is 0.726. The molecule has 78 valence electrons. The average molecular weight is 205 g/mol. The number of hydrogen-bond donors (Lipinski definition) is 1. The van der Waals surface area contributed by atoms with Crippen LogP contribution in [0.15, 0.2) is 0 Å². The van der Waals surface area contributed by atoms with E-state index < -0.39 is 9.84 Å². The molecule has 0 aromatic rings. The maximum atomic E-state index is 11.6. The van der Waals surface area contributed by atoms with Crippen LogP contribution in [-0.4, -0.2) is 25.5 Å². The highest BCUT2D eigenvalue weighted by Crippen LogP contribution is 2.35. The Balaban J connectivity index is 2.71. The zero-order chi connectivity index (χ0) is 10.1. The molecule has 0 bridgehead atoms. The van der Waals surface area contributed by atoms with Crippen molar-refractivity contribution in [3.8, 4) is 0 Å². The summed E-state index contributed by atoms with van der Waals surface area (Å²) >= 11 is 0. The molecule has 2 atom stereocenters. The van der Waals surface area contributed by atoms with Crippen LogP contribution in [0.2, 0.25) is 0 Å². The van der Waals surface area contributed by atoms with Gasteiger partial charge in [0.05, 0.1) is 5.25 Å². The third-order valence-electron chi connectivity index (χ3n) is 2.86. The molecule has 13 heavy (non-hydrogen) atoms.